The molecule has 0 aliphatic heterocycles. The van der Waals surface area contributed by atoms with E-state index >= 15 is 0 Å². The van der Waals surface area contributed by atoms with Crippen molar-refractivity contribution < 1.29 is 19.2 Å². The number of amides is 1. The molecule has 1 amide bonds. The summed E-state index contributed by atoms with van der Waals surface area (Å²) in [6, 6.07) is 10.6. The van der Waals surface area contributed by atoms with Crippen molar-refractivity contribution in [1.82, 2.24) is 0 Å². The normalized spacial score (nSPS) is 10.5. The molecular weight excluding hydrogens is 451 g/mol. The maximum atomic E-state index is 12.8. The van der Waals surface area contributed by atoms with Gasteiger partial charge in [-0.1, -0.05) is 35.3 Å². The summed E-state index contributed by atoms with van der Waals surface area (Å²) >= 11 is 13.1. The van der Waals surface area contributed by atoms with Crippen LogP contribution >= 0.6 is 34.5 Å². The molecule has 0 saturated heterocycles. The van der Waals surface area contributed by atoms with Gasteiger partial charge in [-0.25, -0.2) is 4.79 Å². The van der Waals surface area contributed by atoms with Crippen molar-refractivity contribution in [2.75, 3.05) is 12.4 Å². The third-order valence-corrected chi connectivity index (χ3v) is 5.71. The third-order valence-electron chi connectivity index (χ3n) is 4.22. The van der Waals surface area contributed by atoms with Gasteiger partial charge in [0.25, 0.3) is 11.6 Å². The first-order valence-corrected chi connectivity index (χ1v) is 10.0. The van der Waals surface area contributed by atoms with Gasteiger partial charge in [0.1, 0.15) is 16.1 Å². The number of ether oxygens (including phenoxy) is 1. The van der Waals surface area contributed by atoms with Crippen LogP contribution < -0.4 is 5.32 Å². The highest BCUT2D eigenvalue weighted by molar-refractivity contribution is 7.17. The lowest BCUT2D eigenvalue weighted by Gasteiger charge is -2.09. The number of nitrogens with zero attached hydrogens (tertiary/aromatic N) is 1. The number of nitrogens with one attached hydrogen (secondary N) is 1. The largest absolute Gasteiger partial charge is 0.465 e. The van der Waals surface area contributed by atoms with Crippen LogP contribution in [0.3, 0.4) is 0 Å². The minimum Gasteiger partial charge on any atom is -0.465 e. The van der Waals surface area contributed by atoms with Crippen molar-refractivity contribution in [3.63, 3.8) is 0 Å². The summed E-state index contributed by atoms with van der Waals surface area (Å²) in [4.78, 5) is 36.7. The van der Waals surface area contributed by atoms with Crippen LogP contribution in [0.2, 0.25) is 10.0 Å². The van der Waals surface area contributed by atoms with E-state index in [2.05, 4.69) is 5.32 Å². The predicted octanol–water partition coefficient (Wildman–Crippen LogP) is 5.98. The van der Waals surface area contributed by atoms with E-state index in [1.165, 1.54) is 19.2 Å². The molecule has 0 saturated carbocycles. The molecule has 0 atom stereocenters. The molecule has 3 aromatic rings. The number of thiophene rings is 1. The lowest BCUT2D eigenvalue weighted by Crippen LogP contribution is -2.15. The van der Waals surface area contributed by atoms with Crippen molar-refractivity contribution in [3.05, 3.63) is 78.6 Å². The summed E-state index contributed by atoms with van der Waals surface area (Å²) in [6.45, 7) is 1.79. The van der Waals surface area contributed by atoms with E-state index in [1.54, 1.807) is 31.2 Å². The zero-order valence-electron chi connectivity index (χ0n) is 15.7. The highest BCUT2D eigenvalue weighted by atomic mass is 35.5. The Morgan fingerprint density at radius 1 is 1.13 bits per heavy atom. The van der Waals surface area contributed by atoms with Crippen LogP contribution in [0.5, 0.6) is 0 Å². The van der Waals surface area contributed by atoms with Gasteiger partial charge >= 0.3 is 5.97 Å². The number of nitro groups is 1. The maximum absolute atomic E-state index is 12.8. The van der Waals surface area contributed by atoms with Crippen LogP contribution in [0.1, 0.15) is 25.6 Å². The Balaban J connectivity index is 2.10. The molecule has 0 radical (unpaired) electrons. The van der Waals surface area contributed by atoms with E-state index < -0.39 is 22.5 Å². The average Bonchev–Trinajstić information content (AvgIpc) is 3.02. The lowest BCUT2D eigenvalue weighted by molar-refractivity contribution is -0.385. The van der Waals surface area contributed by atoms with E-state index in [9.17, 15) is 19.7 Å². The Labute approximate surface area is 185 Å². The predicted molar refractivity (Wildman–Crippen MR) is 117 cm³/mol. The van der Waals surface area contributed by atoms with Crippen LogP contribution in [-0.4, -0.2) is 23.9 Å². The fraction of sp³-hybridized carbons (Fsp3) is 0.100. The third kappa shape index (κ3) is 4.30. The van der Waals surface area contributed by atoms with Gasteiger partial charge in [-0.15, -0.1) is 11.3 Å². The second-order valence-corrected chi connectivity index (χ2v) is 8.21. The molecule has 1 heterocycles. The molecule has 154 valence electrons. The van der Waals surface area contributed by atoms with Crippen LogP contribution in [0, 0.1) is 17.0 Å². The smallest absolute Gasteiger partial charge is 0.341 e. The Bertz CT molecular complexity index is 1180. The van der Waals surface area contributed by atoms with Gasteiger partial charge < -0.3 is 10.1 Å². The zero-order chi connectivity index (χ0) is 22.0. The van der Waals surface area contributed by atoms with Gasteiger partial charge in [0.2, 0.25) is 0 Å². The zero-order valence-corrected chi connectivity index (χ0v) is 18.0. The number of aryl methyl sites for hydroxylation is 1. The second kappa shape index (κ2) is 8.83. The van der Waals surface area contributed by atoms with Gasteiger partial charge in [0.15, 0.2) is 0 Å². The number of benzene rings is 2. The molecule has 1 aromatic heterocycles. The summed E-state index contributed by atoms with van der Waals surface area (Å²) in [5.74, 6) is -1.40. The Morgan fingerprint density at radius 2 is 1.83 bits per heavy atom. The topological polar surface area (TPSA) is 98.5 Å². The van der Waals surface area contributed by atoms with E-state index in [4.69, 9.17) is 27.9 Å². The first-order chi connectivity index (χ1) is 14.2. The van der Waals surface area contributed by atoms with E-state index in [1.807, 2.05) is 0 Å². The summed E-state index contributed by atoms with van der Waals surface area (Å²) < 4.78 is 4.91. The van der Waals surface area contributed by atoms with Crippen LogP contribution in [0.15, 0.2) is 42.5 Å². The van der Waals surface area contributed by atoms with Crippen molar-refractivity contribution in [2.24, 2.45) is 0 Å². The van der Waals surface area contributed by atoms with E-state index in [0.29, 0.717) is 16.1 Å². The molecule has 2 aromatic carbocycles. The van der Waals surface area contributed by atoms with Crippen LogP contribution in [0.25, 0.3) is 11.1 Å². The van der Waals surface area contributed by atoms with Gasteiger partial charge in [0.05, 0.1) is 12.0 Å². The molecule has 3 rings (SSSR count). The van der Waals surface area contributed by atoms with E-state index in [-0.39, 0.29) is 21.2 Å². The second-order valence-electron chi connectivity index (χ2n) is 6.11. The fourth-order valence-corrected chi connectivity index (χ4v) is 4.36. The van der Waals surface area contributed by atoms with Crippen molar-refractivity contribution in [3.8, 4) is 11.1 Å². The molecule has 7 nitrogen and oxygen atoms in total. The summed E-state index contributed by atoms with van der Waals surface area (Å²) in [5, 5.41) is 14.7. The highest BCUT2D eigenvalue weighted by Gasteiger charge is 2.27. The van der Waals surface area contributed by atoms with Gasteiger partial charge in [-0.3, -0.25) is 14.9 Å². The number of hydrogen-bond acceptors (Lipinski definition) is 6. The molecule has 0 bridgehead atoms. The number of methoxy groups -OCH3 is 1. The maximum Gasteiger partial charge on any atom is 0.341 e. The molecule has 0 aliphatic rings. The Morgan fingerprint density at radius 3 is 2.47 bits per heavy atom. The Hall–Kier alpha value is -2.94. The van der Waals surface area contributed by atoms with Crippen molar-refractivity contribution >= 4 is 57.1 Å². The van der Waals surface area contributed by atoms with E-state index in [0.717, 1.165) is 22.3 Å². The molecule has 0 aliphatic carbocycles. The molecule has 0 unspecified atom stereocenters. The standard InChI is InChI=1S/C20H14Cl2N2O5S/c1-10-16(11-4-3-5-12(21)8-11)17(20(26)29-2)19(30-10)23-18(25)14-7-6-13(22)9-15(14)24(27)28/h3-9H,1-2H3,(H,23,25). The van der Waals surface area contributed by atoms with Crippen molar-refractivity contribution in [2.45, 2.75) is 6.92 Å². The summed E-state index contributed by atoms with van der Waals surface area (Å²) in [7, 11) is 1.23. The highest BCUT2D eigenvalue weighted by Crippen LogP contribution is 2.41. The molecular formula is C20H14Cl2N2O5S. The number of carbonyl (C=O) groups excluding carboxylic acids is 2. The number of halogens is 2. The number of hydrogen-bond donors (Lipinski definition) is 1. The first-order valence-electron chi connectivity index (χ1n) is 8.45. The summed E-state index contributed by atoms with van der Waals surface area (Å²) in [6.07, 6.45) is 0. The number of carbonyl (C=O) groups is 2. The molecule has 10 heteroatoms. The Kier molecular flexibility index (Phi) is 6.40. The first kappa shape index (κ1) is 21.8. The van der Waals surface area contributed by atoms with Gasteiger partial charge in [0, 0.05) is 26.6 Å². The average molecular weight is 465 g/mol. The van der Waals surface area contributed by atoms with Gasteiger partial charge in [-0.2, -0.15) is 0 Å². The molecule has 0 fully saturated rings. The lowest BCUT2D eigenvalue weighted by atomic mass is 10.0. The summed E-state index contributed by atoms with van der Waals surface area (Å²) in [5.41, 5.74) is 0.760. The minimum atomic E-state index is -0.748. The van der Waals surface area contributed by atoms with Crippen LogP contribution in [0.4, 0.5) is 10.7 Å². The monoisotopic (exact) mass is 464 g/mol. The molecule has 30 heavy (non-hydrogen) atoms. The van der Waals surface area contributed by atoms with Gasteiger partial charge in [-0.05, 0) is 36.8 Å². The number of anilines is 1. The molecule has 1 N–H and O–H groups in total. The number of nitro benzene ring substituents is 1. The number of esters is 1. The van der Waals surface area contributed by atoms with Crippen LogP contribution in [-0.2, 0) is 4.74 Å². The van der Waals surface area contributed by atoms with Crippen molar-refractivity contribution in [1.29, 1.82) is 0 Å². The quantitative estimate of drug-likeness (QED) is 0.284. The molecule has 0 spiro atoms. The fourth-order valence-electron chi connectivity index (χ4n) is 2.94. The minimum absolute atomic E-state index is 0.128. The SMILES string of the molecule is COC(=O)c1c(NC(=O)c2ccc(Cl)cc2[N+](=O)[O-])sc(C)c1-c1cccc(Cl)c1. The number of rotatable bonds is 5.